The number of β-lactam (4-membered cyclic amide) rings is 1. The molecule has 15 nitrogen and oxygen atoms in total. The molecule has 3 amide bonds. The number of fused-ring (bicyclic) bond motifs is 1. The first-order valence-electron chi connectivity index (χ1n) is 22.1. The predicted octanol–water partition coefficient (Wildman–Crippen LogP) is 9.10. The van der Waals surface area contributed by atoms with Gasteiger partial charge in [-0.05, 0) is 37.5 Å². The summed E-state index contributed by atoms with van der Waals surface area (Å²) in [5.74, 6) is -1.37. The maximum atomic E-state index is 14.9. The summed E-state index contributed by atoms with van der Waals surface area (Å²) >= 11 is 3.81. The van der Waals surface area contributed by atoms with E-state index in [0.29, 0.717) is 22.1 Å². The lowest BCUT2D eigenvalue weighted by atomic mass is 9.80. The molecule has 0 saturated carbocycles. The molecule has 5 aromatic carbocycles. The lowest BCUT2D eigenvalue weighted by Gasteiger charge is -2.49. The number of aromatic nitrogens is 4. The summed E-state index contributed by atoms with van der Waals surface area (Å²) in [4.78, 5) is 69.8. The molecule has 2 aliphatic rings. The van der Waals surface area contributed by atoms with Crippen LogP contribution < -0.4 is 10.6 Å². The van der Waals surface area contributed by atoms with Crippen molar-refractivity contribution < 1.29 is 33.5 Å². The second-order valence-corrected chi connectivity index (χ2v) is 20.0. The molecule has 2 atom stereocenters. The molecule has 0 unspecified atom stereocenters. The second kappa shape index (κ2) is 21.0. The summed E-state index contributed by atoms with van der Waals surface area (Å²) in [6.07, 6.45) is 0.0561. The number of thiazole rings is 1. The molecule has 7 aromatic rings. The fourth-order valence-corrected chi connectivity index (χ4v) is 10.9. The SMILES string of the molecule is CC(C)(C)OC(=O)Nc1nc(/C(=N/OC(c2ccccc2)(c2ccccc2)c2ccccc2)C(=O)N[C@@H]2C(=O)N3C(C(=O)OC(c4ccccc4)c4ccccc4)=C(CSc4cn[nH]n4)CS[C@H]23)cs1. The number of anilines is 1. The van der Waals surface area contributed by atoms with E-state index in [1.807, 2.05) is 152 Å². The van der Waals surface area contributed by atoms with Crippen molar-refractivity contribution in [1.29, 1.82) is 0 Å². The maximum absolute atomic E-state index is 14.9. The van der Waals surface area contributed by atoms with E-state index in [-0.39, 0.29) is 22.2 Å². The van der Waals surface area contributed by atoms with Crippen molar-refractivity contribution in [3.05, 3.63) is 208 Å². The molecule has 1 saturated heterocycles. The van der Waals surface area contributed by atoms with Gasteiger partial charge in [0.25, 0.3) is 11.8 Å². The van der Waals surface area contributed by atoms with Gasteiger partial charge in [-0.3, -0.25) is 19.8 Å². The monoisotopic (exact) mass is 990 g/mol. The Morgan fingerprint density at radius 1 is 0.829 bits per heavy atom. The summed E-state index contributed by atoms with van der Waals surface area (Å²) in [6, 6.07) is 46.2. The van der Waals surface area contributed by atoms with Gasteiger partial charge in [0, 0.05) is 33.6 Å². The molecule has 1 fully saturated rings. The van der Waals surface area contributed by atoms with E-state index in [4.69, 9.17) is 14.3 Å². The van der Waals surface area contributed by atoms with Crippen LogP contribution in [-0.2, 0) is 34.3 Å². The van der Waals surface area contributed by atoms with Crippen LogP contribution in [0.3, 0.4) is 0 Å². The Labute approximate surface area is 416 Å². The third-order valence-electron chi connectivity index (χ3n) is 11.1. The van der Waals surface area contributed by atoms with Crippen molar-refractivity contribution in [2.24, 2.45) is 5.16 Å². The normalized spacial score (nSPS) is 16.0. The van der Waals surface area contributed by atoms with Crippen molar-refractivity contribution in [2.45, 2.75) is 54.5 Å². The fraction of sp³-hybridized carbons (Fsp3) is 0.192. The van der Waals surface area contributed by atoms with Crippen molar-refractivity contribution in [1.82, 2.24) is 30.6 Å². The highest BCUT2D eigenvalue weighted by atomic mass is 32.2. The van der Waals surface area contributed by atoms with Crippen molar-refractivity contribution in [2.75, 3.05) is 16.8 Å². The first kappa shape index (κ1) is 47.5. The standard InChI is InChI=1S/C52H46N8O7S3/c1-51(2,3)66-50(64)56-49-54-39(32-70-49)41(58-67-52(36-23-13-6-14-24-36,37-25-15-7-16-26-37)38-27-17-8-18-28-38)45(61)55-42-46(62)60-43(35(31-69-47(42)60)30-68-40-29-53-59-57-40)48(63)65-44(33-19-9-4-10-20-33)34-21-11-5-12-22-34/h4-29,32,42,44,47H,30-31H2,1-3H3,(H,55,61)(H,53,57,59)(H,54,56,64)/b58-41-/t42-,47-/m1/s1. The van der Waals surface area contributed by atoms with Gasteiger partial charge in [0.1, 0.15) is 33.4 Å². The molecule has 0 spiro atoms. The maximum Gasteiger partial charge on any atom is 0.413 e. The molecule has 9 rings (SSSR count). The van der Waals surface area contributed by atoms with Gasteiger partial charge in [0.2, 0.25) is 5.60 Å². The van der Waals surface area contributed by atoms with Crippen LogP contribution >= 0.6 is 34.9 Å². The van der Waals surface area contributed by atoms with Crippen LogP contribution in [0.1, 0.15) is 60.4 Å². The number of hydrogen-bond acceptors (Lipinski definition) is 14. The Kier molecular flexibility index (Phi) is 14.2. The van der Waals surface area contributed by atoms with E-state index in [1.165, 1.54) is 28.4 Å². The number of carbonyl (C=O) groups is 4. The van der Waals surface area contributed by atoms with E-state index >= 15 is 0 Å². The number of amides is 3. The quantitative estimate of drug-likeness (QED) is 0.0208. The number of hydrogen-bond donors (Lipinski definition) is 3. The van der Waals surface area contributed by atoms with Gasteiger partial charge in [-0.1, -0.05) is 169 Å². The summed E-state index contributed by atoms with van der Waals surface area (Å²) in [7, 11) is 0. The minimum atomic E-state index is -1.39. The average molecular weight is 991 g/mol. The molecular weight excluding hydrogens is 945 g/mol. The summed E-state index contributed by atoms with van der Waals surface area (Å²) in [5, 5.41) is 22.5. The summed E-state index contributed by atoms with van der Waals surface area (Å²) in [6.45, 7) is 5.22. The lowest BCUT2D eigenvalue weighted by Crippen LogP contribution is -2.71. The Morgan fingerprint density at radius 3 is 1.91 bits per heavy atom. The van der Waals surface area contributed by atoms with Crippen molar-refractivity contribution in [3.63, 3.8) is 0 Å². The number of nitrogens with one attached hydrogen (secondary N) is 3. The van der Waals surface area contributed by atoms with E-state index in [0.717, 1.165) is 39.2 Å². The number of benzene rings is 5. The van der Waals surface area contributed by atoms with Crippen LogP contribution in [0.4, 0.5) is 9.93 Å². The Balaban J connectivity index is 1.06. The molecule has 354 valence electrons. The topological polar surface area (TPSA) is 190 Å². The second-order valence-electron chi connectivity index (χ2n) is 17.0. The molecular formula is C52H46N8O7S3. The zero-order chi connectivity index (χ0) is 48.7. The first-order valence-corrected chi connectivity index (χ1v) is 25.1. The summed E-state index contributed by atoms with van der Waals surface area (Å²) in [5.41, 5.74) is 2.01. The van der Waals surface area contributed by atoms with Crippen molar-refractivity contribution in [3.8, 4) is 0 Å². The molecule has 3 N–H and O–H groups in total. The minimum Gasteiger partial charge on any atom is -0.448 e. The van der Waals surface area contributed by atoms with Crippen LogP contribution in [0.2, 0.25) is 0 Å². The molecule has 2 aromatic heterocycles. The fourth-order valence-electron chi connectivity index (χ4n) is 7.99. The first-order chi connectivity index (χ1) is 34.0. The van der Waals surface area contributed by atoms with Gasteiger partial charge < -0.3 is 19.6 Å². The highest BCUT2D eigenvalue weighted by molar-refractivity contribution is 8.01. The van der Waals surface area contributed by atoms with Gasteiger partial charge in [-0.25, -0.2) is 14.6 Å². The number of ether oxygens (including phenoxy) is 2. The molecule has 0 aliphatic carbocycles. The molecule has 70 heavy (non-hydrogen) atoms. The van der Waals surface area contributed by atoms with E-state index in [2.05, 4.69) is 36.2 Å². The minimum absolute atomic E-state index is 0.0563. The summed E-state index contributed by atoms with van der Waals surface area (Å²) < 4.78 is 11.8. The highest BCUT2D eigenvalue weighted by Gasteiger charge is 2.55. The predicted molar refractivity (Wildman–Crippen MR) is 269 cm³/mol. The van der Waals surface area contributed by atoms with Gasteiger partial charge in [0.05, 0.1) is 6.20 Å². The number of carbonyl (C=O) groups excluding carboxylic acids is 4. The molecule has 2 aliphatic heterocycles. The van der Waals surface area contributed by atoms with Crippen molar-refractivity contribution >= 4 is 69.6 Å². The van der Waals surface area contributed by atoms with Gasteiger partial charge in [-0.2, -0.15) is 10.3 Å². The largest absolute Gasteiger partial charge is 0.448 e. The number of thioether (sulfide) groups is 2. The Morgan fingerprint density at radius 2 is 1.39 bits per heavy atom. The molecule has 4 heterocycles. The number of rotatable bonds is 16. The zero-order valence-corrected chi connectivity index (χ0v) is 40.5. The van der Waals surface area contributed by atoms with Crippen LogP contribution in [-0.4, -0.2) is 83.4 Å². The Bertz CT molecular complexity index is 2870. The average Bonchev–Trinajstić information content (AvgIpc) is 4.09. The number of esters is 1. The van der Waals surface area contributed by atoms with E-state index in [1.54, 1.807) is 32.3 Å². The van der Waals surface area contributed by atoms with Gasteiger partial charge in [0.15, 0.2) is 16.9 Å². The van der Waals surface area contributed by atoms with Gasteiger partial charge in [-0.15, -0.1) is 28.2 Å². The molecule has 0 bridgehead atoms. The molecule has 18 heteroatoms. The van der Waals surface area contributed by atoms with E-state index in [9.17, 15) is 19.2 Å². The van der Waals surface area contributed by atoms with Crippen LogP contribution in [0.15, 0.2) is 185 Å². The third kappa shape index (κ3) is 10.4. The van der Waals surface area contributed by atoms with Crippen LogP contribution in [0.5, 0.6) is 0 Å². The number of nitrogens with zero attached hydrogens (tertiary/aromatic N) is 5. The zero-order valence-electron chi connectivity index (χ0n) is 38.1. The number of oxime groups is 1. The van der Waals surface area contributed by atoms with E-state index < -0.39 is 52.6 Å². The van der Waals surface area contributed by atoms with Gasteiger partial charge >= 0.3 is 12.1 Å². The van der Waals surface area contributed by atoms with Crippen LogP contribution in [0.25, 0.3) is 0 Å². The molecule has 0 radical (unpaired) electrons. The number of aromatic amines is 1. The van der Waals surface area contributed by atoms with Crippen LogP contribution in [0, 0.1) is 0 Å². The Hall–Kier alpha value is -7.54. The lowest BCUT2D eigenvalue weighted by molar-refractivity contribution is -0.154. The third-order valence-corrected chi connectivity index (χ3v) is 14.2. The number of H-pyrrole nitrogens is 1. The smallest absolute Gasteiger partial charge is 0.413 e. The highest BCUT2D eigenvalue weighted by Crippen LogP contribution is 2.44.